The second-order valence-corrected chi connectivity index (χ2v) is 8.60. The minimum Gasteiger partial charge on any atom is -0.343 e. The van der Waals surface area contributed by atoms with Crippen molar-refractivity contribution in [2.24, 2.45) is 5.41 Å². The number of likely N-dealkylation sites (tertiary alicyclic amines) is 2. The maximum atomic E-state index is 13.4. The number of benzene rings is 1. The maximum Gasteiger partial charge on any atom is 0.232 e. The van der Waals surface area contributed by atoms with Gasteiger partial charge in [-0.2, -0.15) is 0 Å². The lowest BCUT2D eigenvalue weighted by molar-refractivity contribution is -0.186. The van der Waals surface area contributed by atoms with Gasteiger partial charge in [0.15, 0.2) is 0 Å². The monoisotopic (exact) mass is 368 g/mol. The van der Waals surface area contributed by atoms with Crippen LogP contribution in [0.4, 0.5) is 0 Å². The zero-order valence-corrected chi connectivity index (χ0v) is 16.5. The quantitative estimate of drug-likeness (QED) is 0.743. The molecule has 1 saturated carbocycles. The highest BCUT2D eigenvalue weighted by atomic mass is 16.2. The smallest absolute Gasteiger partial charge is 0.232 e. The fourth-order valence-electron chi connectivity index (χ4n) is 5.62. The summed E-state index contributed by atoms with van der Waals surface area (Å²) in [7, 11) is 0. The van der Waals surface area contributed by atoms with Crippen LogP contribution >= 0.6 is 0 Å². The van der Waals surface area contributed by atoms with E-state index in [-0.39, 0.29) is 23.4 Å². The average molecular weight is 369 g/mol. The Labute approximate surface area is 162 Å². The number of amides is 2. The maximum absolute atomic E-state index is 13.4. The van der Waals surface area contributed by atoms with Crippen LogP contribution in [0.3, 0.4) is 0 Å². The minimum absolute atomic E-state index is 0.158. The van der Waals surface area contributed by atoms with E-state index in [0.29, 0.717) is 12.3 Å². The lowest BCUT2D eigenvalue weighted by atomic mass is 9.59. The summed E-state index contributed by atoms with van der Waals surface area (Å²) in [6.07, 6.45) is 9.06. The van der Waals surface area contributed by atoms with Gasteiger partial charge in [0.25, 0.3) is 0 Å². The van der Waals surface area contributed by atoms with E-state index in [4.69, 9.17) is 0 Å². The molecule has 0 bridgehead atoms. The lowest BCUT2D eigenvalue weighted by Crippen LogP contribution is -2.67. The van der Waals surface area contributed by atoms with Crippen molar-refractivity contribution in [3.63, 3.8) is 0 Å². The van der Waals surface area contributed by atoms with Crippen LogP contribution in [-0.4, -0.2) is 40.7 Å². The Morgan fingerprint density at radius 2 is 1.74 bits per heavy atom. The molecule has 2 amide bonds. The molecule has 4 nitrogen and oxygen atoms in total. The lowest BCUT2D eigenvalue weighted by Gasteiger charge is -2.61. The third-order valence-electron chi connectivity index (χ3n) is 7.00. The molecule has 146 valence electrons. The van der Waals surface area contributed by atoms with Crippen LogP contribution in [0, 0.1) is 5.41 Å². The van der Waals surface area contributed by atoms with Crippen molar-refractivity contribution >= 4 is 11.8 Å². The number of carbonyl (C=O) groups is 2. The standard InChI is InChI=1S/C23H32N2O2/c1-2-9-20(26)24-16-12-19(13-17-24)25-21(18-10-5-3-6-11-18)23(22(25)27)14-7-4-8-15-23/h3,5-6,10-11,19,21H,2,4,7-9,12-17H2,1H3. The van der Waals surface area contributed by atoms with Gasteiger partial charge in [-0.25, -0.2) is 0 Å². The Bertz CT molecular complexity index is 673. The molecule has 2 heterocycles. The van der Waals surface area contributed by atoms with E-state index in [1.54, 1.807) is 0 Å². The van der Waals surface area contributed by atoms with Crippen molar-refractivity contribution in [2.45, 2.75) is 76.8 Å². The number of nitrogens with zero attached hydrogens (tertiary/aromatic N) is 2. The fraction of sp³-hybridized carbons (Fsp3) is 0.652. The first-order valence-corrected chi connectivity index (χ1v) is 10.8. The van der Waals surface area contributed by atoms with Crippen molar-refractivity contribution in [2.75, 3.05) is 13.1 Å². The third-order valence-corrected chi connectivity index (χ3v) is 7.00. The second kappa shape index (κ2) is 7.65. The molecule has 4 rings (SSSR count). The molecule has 27 heavy (non-hydrogen) atoms. The van der Waals surface area contributed by atoms with E-state index in [1.807, 2.05) is 4.90 Å². The second-order valence-electron chi connectivity index (χ2n) is 8.60. The number of carbonyl (C=O) groups excluding carboxylic acids is 2. The van der Waals surface area contributed by atoms with Gasteiger partial charge in [0.05, 0.1) is 11.5 Å². The van der Waals surface area contributed by atoms with Gasteiger partial charge in [0.1, 0.15) is 0 Å². The topological polar surface area (TPSA) is 40.6 Å². The number of hydrogen-bond donors (Lipinski definition) is 0. The van der Waals surface area contributed by atoms with Gasteiger partial charge >= 0.3 is 0 Å². The van der Waals surface area contributed by atoms with Crippen LogP contribution in [0.5, 0.6) is 0 Å². The normalized spacial score (nSPS) is 25.5. The third kappa shape index (κ3) is 3.17. The van der Waals surface area contributed by atoms with Gasteiger partial charge in [0, 0.05) is 25.6 Å². The Hall–Kier alpha value is -1.84. The number of β-lactam (4-membered cyclic amide) rings is 1. The van der Waals surface area contributed by atoms with E-state index < -0.39 is 0 Å². The summed E-state index contributed by atoms with van der Waals surface area (Å²) in [5.41, 5.74) is 1.14. The molecular weight excluding hydrogens is 336 g/mol. The van der Waals surface area contributed by atoms with Gasteiger partial charge < -0.3 is 9.80 Å². The van der Waals surface area contributed by atoms with Crippen LogP contribution in [0.2, 0.25) is 0 Å². The first kappa shape index (κ1) is 18.5. The molecule has 3 aliphatic rings. The van der Waals surface area contributed by atoms with E-state index in [1.165, 1.54) is 24.8 Å². The summed E-state index contributed by atoms with van der Waals surface area (Å²) in [4.78, 5) is 29.8. The summed E-state index contributed by atoms with van der Waals surface area (Å²) in [6.45, 7) is 3.64. The highest BCUT2D eigenvalue weighted by Gasteiger charge is 2.62. The van der Waals surface area contributed by atoms with Gasteiger partial charge in [-0.1, -0.05) is 56.5 Å². The number of piperidine rings is 1. The molecule has 0 radical (unpaired) electrons. The Kier molecular flexibility index (Phi) is 5.25. The summed E-state index contributed by atoms with van der Waals surface area (Å²) in [5, 5.41) is 0. The highest BCUT2D eigenvalue weighted by molar-refractivity contribution is 5.91. The molecule has 1 unspecified atom stereocenters. The predicted octanol–water partition coefficient (Wildman–Crippen LogP) is 4.31. The molecular formula is C23H32N2O2. The van der Waals surface area contributed by atoms with Crippen molar-refractivity contribution in [3.8, 4) is 0 Å². The number of rotatable bonds is 4. The van der Waals surface area contributed by atoms with Crippen molar-refractivity contribution in [1.82, 2.24) is 9.80 Å². The Balaban J connectivity index is 1.52. The molecule has 3 fully saturated rings. The van der Waals surface area contributed by atoms with Gasteiger partial charge in [0.2, 0.25) is 11.8 Å². The van der Waals surface area contributed by atoms with Gasteiger partial charge in [-0.15, -0.1) is 0 Å². The van der Waals surface area contributed by atoms with Crippen molar-refractivity contribution < 1.29 is 9.59 Å². The van der Waals surface area contributed by atoms with E-state index in [9.17, 15) is 9.59 Å². The molecule has 0 aromatic heterocycles. The number of hydrogen-bond acceptors (Lipinski definition) is 2. The molecule has 4 heteroatoms. The largest absolute Gasteiger partial charge is 0.343 e. The van der Waals surface area contributed by atoms with Crippen LogP contribution in [0.1, 0.15) is 76.3 Å². The summed E-state index contributed by atoms with van der Waals surface area (Å²) in [6, 6.07) is 11.1. The summed E-state index contributed by atoms with van der Waals surface area (Å²) < 4.78 is 0. The predicted molar refractivity (Wildman–Crippen MR) is 106 cm³/mol. The van der Waals surface area contributed by atoms with Gasteiger partial charge in [-0.05, 0) is 37.7 Å². The molecule has 2 aliphatic heterocycles. The molecule has 1 atom stereocenters. The van der Waals surface area contributed by atoms with Crippen LogP contribution in [-0.2, 0) is 9.59 Å². The van der Waals surface area contributed by atoms with Crippen LogP contribution < -0.4 is 0 Å². The molecule has 0 N–H and O–H groups in total. The minimum atomic E-state index is -0.158. The van der Waals surface area contributed by atoms with Crippen molar-refractivity contribution in [3.05, 3.63) is 35.9 Å². The zero-order chi connectivity index (χ0) is 18.9. The molecule has 1 aromatic carbocycles. The molecule has 1 aliphatic carbocycles. The summed E-state index contributed by atoms with van der Waals surface area (Å²) >= 11 is 0. The summed E-state index contributed by atoms with van der Waals surface area (Å²) in [5.74, 6) is 0.656. The Morgan fingerprint density at radius 1 is 1.07 bits per heavy atom. The average Bonchev–Trinajstić information content (AvgIpc) is 2.73. The van der Waals surface area contributed by atoms with Crippen LogP contribution in [0.15, 0.2) is 30.3 Å². The van der Waals surface area contributed by atoms with E-state index in [2.05, 4.69) is 42.2 Å². The SMILES string of the molecule is CCCC(=O)N1CCC(N2C(=O)C3(CCCCC3)C2c2ccccc2)CC1. The highest BCUT2D eigenvalue weighted by Crippen LogP contribution is 2.59. The van der Waals surface area contributed by atoms with Gasteiger partial charge in [-0.3, -0.25) is 9.59 Å². The van der Waals surface area contributed by atoms with Crippen LogP contribution in [0.25, 0.3) is 0 Å². The fourth-order valence-corrected chi connectivity index (χ4v) is 5.62. The molecule has 2 saturated heterocycles. The van der Waals surface area contributed by atoms with Crippen molar-refractivity contribution in [1.29, 1.82) is 0 Å². The van der Waals surface area contributed by atoms with E-state index >= 15 is 0 Å². The molecule has 1 spiro atoms. The van der Waals surface area contributed by atoms with E-state index in [0.717, 1.165) is 45.2 Å². The molecule has 1 aromatic rings. The first-order valence-electron chi connectivity index (χ1n) is 10.8. The first-order chi connectivity index (χ1) is 13.2. The Morgan fingerprint density at radius 3 is 2.37 bits per heavy atom. The zero-order valence-electron chi connectivity index (χ0n) is 16.5.